The lowest BCUT2D eigenvalue weighted by Gasteiger charge is -2.30. The number of aryl methyl sites for hydroxylation is 1. The number of nitrogen functional groups attached to an aromatic ring is 1. The van der Waals surface area contributed by atoms with E-state index in [1.165, 1.54) is 37.0 Å². The van der Waals surface area contributed by atoms with Gasteiger partial charge in [0.25, 0.3) is 0 Å². The van der Waals surface area contributed by atoms with E-state index in [0.29, 0.717) is 12.0 Å². The molecule has 3 rings (SSSR count). The lowest BCUT2D eigenvalue weighted by molar-refractivity contribution is 0.313. The highest BCUT2D eigenvalue weighted by atomic mass is 32.1. The van der Waals surface area contributed by atoms with E-state index in [9.17, 15) is 0 Å². The molecule has 0 aliphatic heterocycles. The van der Waals surface area contributed by atoms with Gasteiger partial charge in [-0.3, -0.25) is 0 Å². The largest absolute Gasteiger partial charge is 0.368 e. The third kappa shape index (κ3) is 3.12. The van der Waals surface area contributed by atoms with Crippen molar-refractivity contribution in [2.75, 3.05) is 11.1 Å². The first-order valence-electron chi connectivity index (χ1n) is 7.97. The van der Waals surface area contributed by atoms with Gasteiger partial charge in [0.2, 0.25) is 5.95 Å². The Morgan fingerprint density at radius 3 is 2.81 bits per heavy atom. The van der Waals surface area contributed by atoms with Crippen molar-refractivity contribution in [1.82, 2.24) is 9.97 Å². The second kappa shape index (κ2) is 6.18. The van der Waals surface area contributed by atoms with E-state index in [-0.39, 0.29) is 0 Å². The number of nitrogens with zero attached hydrogens (tertiary/aromatic N) is 2. The smallest absolute Gasteiger partial charge is 0.223 e. The molecule has 21 heavy (non-hydrogen) atoms. The second-order valence-corrected chi connectivity index (χ2v) is 7.30. The molecule has 2 heterocycles. The summed E-state index contributed by atoms with van der Waals surface area (Å²) in [5, 5.41) is 4.78. The molecule has 0 spiro atoms. The molecular formula is C16H24N4S. The Bertz CT molecular complexity index is 616. The zero-order valence-electron chi connectivity index (χ0n) is 12.9. The fourth-order valence-electron chi connectivity index (χ4n) is 3.43. The minimum atomic E-state index is 0.366. The molecule has 5 heteroatoms. The van der Waals surface area contributed by atoms with Crippen LogP contribution < -0.4 is 11.1 Å². The van der Waals surface area contributed by atoms with Gasteiger partial charge in [0.15, 0.2) is 0 Å². The van der Waals surface area contributed by atoms with Gasteiger partial charge < -0.3 is 11.1 Å². The molecule has 114 valence electrons. The number of hydrogen-bond acceptors (Lipinski definition) is 5. The molecule has 0 bridgehead atoms. The Kier molecular flexibility index (Phi) is 4.29. The van der Waals surface area contributed by atoms with E-state index in [1.54, 1.807) is 11.3 Å². The van der Waals surface area contributed by atoms with Crippen LogP contribution in [0.15, 0.2) is 6.07 Å². The van der Waals surface area contributed by atoms with Gasteiger partial charge in [0.05, 0.1) is 5.39 Å². The summed E-state index contributed by atoms with van der Waals surface area (Å²) in [6.07, 6.45) is 7.90. The third-order valence-electron chi connectivity index (χ3n) is 4.51. The van der Waals surface area contributed by atoms with Crippen molar-refractivity contribution in [3.63, 3.8) is 0 Å². The van der Waals surface area contributed by atoms with Crippen LogP contribution in [0.2, 0.25) is 0 Å². The molecule has 2 aromatic rings. The van der Waals surface area contributed by atoms with Crippen LogP contribution in [-0.4, -0.2) is 16.0 Å². The molecular weight excluding hydrogens is 280 g/mol. The fraction of sp³-hybridized carbons (Fsp3) is 0.625. The lowest BCUT2D eigenvalue weighted by atomic mass is 9.83. The predicted molar refractivity (Wildman–Crippen MR) is 90.8 cm³/mol. The molecule has 0 amide bonds. The summed E-state index contributed by atoms with van der Waals surface area (Å²) in [5.74, 6) is 2.04. The van der Waals surface area contributed by atoms with Crippen molar-refractivity contribution in [3.8, 4) is 0 Å². The van der Waals surface area contributed by atoms with Crippen molar-refractivity contribution in [3.05, 3.63) is 10.9 Å². The van der Waals surface area contributed by atoms with Crippen LogP contribution in [0.4, 0.5) is 11.8 Å². The van der Waals surface area contributed by atoms with Crippen LogP contribution in [0.3, 0.4) is 0 Å². The number of hydrogen-bond donors (Lipinski definition) is 2. The van der Waals surface area contributed by atoms with Gasteiger partial charge in [-0.1, -0.05) is 26.2 Å². The van der Waals surface area contributed by atoms with E-state index in [2.05, 4.69) is 35.2 Å². The number of rotatable bonds is 4. The zero-order valence-corrected chi connectivity index (χ0v) is 13.7. The van der Waals surface area contributed by atoms with Gasteiger partial charge >= 0.3 is 0 Å². The van der Waals surface area contributed by atoms with Crippen LogP contribution in [-0.2, 0) is 0 Å². The van der Waals surface area contributed by atoms with Crippen LogP contribution in [0.5, 0.6) is 0 Å². The predicted octanol–water partition coefficient (Wildman–Crippen LogP) is 4.35. The highest BCUT2D eigenvalue weighted by molar-refractivity contribution is 7.18. The summed E-state index contributed by atoms with van der Waals surface area (Å²) < 4.78 is 0. The summed E-state index contributed by atoms with van der Waals surface area (Å²) in [7, 11) is 0. The third-order valence-corrected chi connectivity index (χ3v) is 5.46. The van der Waals surface area contributed by atoms with Gasteiger partial charge in [-0.05, 0) is 38.2 Å². The Morgan fingerprint density at radius 2 is 2.10 bits per heavy atom. The maximum Gasteiger partial charge on any atom is 0.223 e. The first-order valence-corrected chi connectivity index (χ1v) is 8.79. The number of fused-ring (bicyclic) bond motifs is 1. The number of nitrogens with two attached hydrogens (primary N) is 1. The molecule has 1 aliphatic carbocycles. The normalized spacial score (nSPS) is 18.0. The van der Waals surface area contributed by atoms with Crippen LogP contribution in [0.25, 0.3) is 10.2 Å². The average Bonchev–Trinajstić information content (AvgIpc) is 2.85. The van der Waals surface area contributed by atoms with Crippen LogP contribution in [0.1, 0.15) is 50.3 Å². The van der Waals surface area contributed by atoms with E-state index >= 15 is 0 Å². The molecule has 0 aromatic carbocycles. The summed E-state index contributed by atoms with van der Waals surface area (Å²) in [4.78, 5) is 11.0. The fourth-order valence-corrected chi connectivity index (χ4v) is 4.32. The van der Waals surface area contributed by atoms with Gasteiger partial charge in [-0.25, -0.2) is 4.98 Å². The average molecular weight is 304 g/mol. The molecule has 1 saturated carbocycles. The molecule has 4 nitrogen and oxygen atoms in total. The number of anilines is 2. The van der Waals surface area contributed by atoms with E-state index in [4.69, 9.17) is 5.73 Å². The monoisotopic (exact) mass is 304 g/mol. The molecule has 1 unspecified atom stereocenters. The Morgan fingerprint density at radius 1 is 1.33 bits per heavy atom. The number of aromatic nitrogens is 2. The molecule has 3 N–H and O–H groups in total. The second-order valence-electron chi connectivity index (χ2n) is 6.06. The Balaban J connectivity index is 1.88. The molecule has 1 aliphatic rings. The standard InChI is InChI=1S/C16H24N4S/c1-3-13(11-7-5-4-6-8-11)18-14-12-9-10(2)21-15(12)20-16(17)19-14/h9,11,13H,3-8H2,1-2H3,(H3,17,18,19,20). The van der Waals surface area contributed by atoms with Gasteiger partial charge in [0, 0.05) is 10.9 Å². The summed E-state index contributed by atoms with van der Waals surface area (Å²) in [6.45, 7) is 4.36. The summed E-state index contributed by atoms with van der Waals surface area (Å²) in [6, 6.07) is 2.65. The van der Waals surface area contributed by atoms with Gasteiger partial charge in [0.1, 0.15) is 10.6 Å². The molecule has 1 fully saturated rings. The summed E-state index contributed by atoms with van der Waals surface area (Å²) in [5.41, 5.74) is 5.87. The molecule has 2 aromatic heterocycles. The highest BCUT2D eigenvalue weighted by Crippen LogP contribution is 2.33. The first kappa shape index (κ1) is 14.6. The Labute approximate surface area is 130 Å². The molecule has 0 saturated heterocycles. The van der Waals surface area contributed by atoms with Gasteiger partial charge in [-0.2, -0.15) is 4.98 Å². The van der Waals surface area contributed by atoms with Crippen molar-refractivity contribution in [1.29, 1.82) is 0 Å². The molecule has 0 radical (unpaired) electrons. The van der Waals surface area contributed by atoms with E-state index in [0.717, 1.165) is 28.4 Å². The zero-order chi connectivity index (χ0) is 14.8. The number of nitrogens with one attached hydrogen (secondary N) is 1. The van der Waals surface area contributed by atoms with Crippen molar-refractivity contribution >= 4 is 33.3 Å². The quantitative estimate of drug-likeness (QED) is 0.881. The van der Waals surface area contributed by atoms with Crippen molar-refractivity contribution < 1.29 is 0 Å². The maximum atomic E-state index is 5.87. The SMILES string of the molecule is CCC(Nc1nc(N)nc2sc(C)cc12)C1CCCCC1. The van der Waals surface area contributed by atoms with Crippen molar-refractivity contribution in [2.24, 2.45) is 5.92 Å². The summed E-state index contributed by atoms with van der Waals surface area (Å²) >= 11 is 1.68. The minimum Gasteiger partial charge on any atom is -0.368 e. The van der Waals surface area contributed by atoms with Crippen molar-refractivity contribution in [2.45, 2.75) is 58.4 Å². The van der Waals surface area contributed by atoms with E-state index < -0.39 is 0 Å². The van der Waals surface area contributed by atoms with Gasteiger partial charge in [-0.15, -0.1) is 11.3 Å². The first-order chi connectivity index (χ1) is 10.2. The lowest BCUT2D eigenvalue weighted by Crippen LogP contribution is -2.30. The Hall–Kier alpha value is -1.36. The maximum absolute atomic E-state index is 5.87. The van der Waals surface area contributed by atoms with E-state index in [1.807, 2.05) is 0 Å². The highest BCUT2D eigenvalue weighted by Gasteiger charge is 2.23. The number of thiophene rings is 1. The van der Waals surface area contributed by atoms with Crippen LogP contribution in [0, 0.1) is 12.8 Å². The topological polar surface area (TPSA) is 63.8 Å². The minimum absolute atomic E-state index is 0.366. The molecule has 1 atom stereocenters. The van der Waals surface area contributed by atoms with Crippen LogP contribution >= 0.6 is 11.3 Å².